The summed E-state index contributed by atoms with van der Waals surface area (Å²) in [5.41, 5.74) is 0.331. The normalized spacial score (nSPS) is 17.8. The fourth-order valence-electron chi connectivity index (χ4n) is 2.55. The van der Waals surface area contributed by atoms with Crippen LogP contribution in [0.3, 0.4) is 0 Å². The number of amides is 1. The lowest BCUT2D eigenvalue weighted by molar-refractivity contribution is 0.0721. The zero-order valence-electron chi connectivity index (χ0n) is 12.9. The Bertz CT molecular complexity index is 666. The molecule has 0 aliphatic carbocycles. The highest BCUT2D eigenvalue weighted by Gasteiger charge is 2.34. The van der Waals surface area contributed by atoms with Crippen molar-refractivity contribution >= 4 is 11.7 Å². The molecule has 0 bridgehead atoms. The lowest BCUT2D eigenvalue weighted by atomic mass is 10.2. The van der Waals surface area contributed by atoms with Gasteiger partial charge in [0, 0.05) is 27.6 Å². The number of aromatic nitrogens is 4. The Balaban J connectivity index is 1.81. The van der Waals surface area contributed by atoms with Gasteiger partial charge < -0.3 is 14.3 Å². The molecule has 0 unspecified atom stereocenters. The van der Waals surface area contributed by atoms with Gasteiger partial charge >= 0.3 is 0 Å². The molecule has 1 aliphatic rings. The fourth-order valence-corrected chi connectivity index (χ4v) is 2.55. The summed E-state index contributed by atoms with van der Waals surface area (Å²) in [6.07, 6.45) is 1.74. The van der Waals surface area contributed by atoms with Crippen LogP contribution in [-0.2, 0) is 0 Å². The zero-order chi connectivity index (χ0) is 15.7. The summed E-state index contributed by atoms with van der Waals surface area (Å²) in [4.78, 5) is 20.5. The van der Waals surface area contributed by atoms with Crippen molar-refractivity contribution in [3.05, 3.63) is 29.5 Å². The summed E-state index contributed by atoms with van der Waals surface area (Å²) in [5.74, 6) is 1.62. The minimum absolute atomic E-state index is 0.150. The number of hydrogen-bond donors (Lipinski definition) is 0. The smallest absolute Gasteiger partial charge is 0.274 e. The molecule has 1 amide bonds. The molecule has 0 radical (unpaired) electrons. The summed E-state index contributed by atoms with van der Waals surface area (Å²) in [6.45, 7) is 2.40. The zero-order valence-corrected chi connectivity index (χ0v) is 12.9. The van der Waals surface area contributed by atoms with E-state index in [2.05, 4.69) is 20.3 Å². The number of carbonyl (C=O) groups excluding carboxylic acids is 1. The van der Waals surface area contributed by atoms with E-state index < -0.39 is 0 Å². The lowest BCUT2D eigenvalue weighted by Gasteiger charge is -2.21. The Kier molecular flexibility index (Phi) is 3.74. The number of aryl methyl sites for hydroxylation is 1. The molecule has 2 aromatic heterocycles. The standard InChI is InChI=1S/C14H18N6O2/c1-9-15-13(18-22-9)11-5-4-8-20(11)14(21)10-6-7-12(17-16-10)19(2)3/h6-7,11H,4-5,8H2,1-3H3/t11-/m1/s1. The molecular weight excluding hydrogens is 284 g/mol. The van der Waals surface area contributed by atoms with Crippen molar-refractivity contribution in [2.75, 3.05) is 25.5 Å². The van der Waals surface area contributed by atoms with Gasteiger partial charge in [0.15, 0.2) is 17.3 Å². The van der Waals surface area contributed by atoms with Gasteiger partial charge in [-0.1, -0.05) is 5.16 Å². The second kappa shape index (κ2) is 5.70. The highest BCUT2D eigenvalue weighted by atomic mass is 16.5. The van der Waals surface area contributed by atoms with Crippen molar-refractivity contribution < 1.29 is 9.32 Å². The van der Waals surface area contributed by atoms with Crippen molar-refractivity contribution in [1.29, 1.82) is 0 Å². The van der Waals surface area contributed by atoms with Gasteiger partial charge in [-0.15, -0.1) is 10.2 Å². The van der Waals surface area contributed by atoms with Crippen molar-refractivity contribution in [1.82, 2.24) is 25.2 Å². The predicted octanol–water partition coefficient (Wildman–Crippen LogP) is 1.21. The van der Waals surface area contributed by atoms with Crippen LogP contribution in [-0.4, -0.2) is 51.8 Å². The van der Waals surface area contributed by atoms with E-state index in [1.165, 1.54) is 0 Å². The van der Waals surface area contributed by atoms with Gasteiger partial charge in [-0.25, -0.2) is 0 Å². The van der Waals surface area contributed by atoms with Crippen LogP contribution in [0.5, 0.6) is 0 Å². The minimum atomic E-state index is -0.153. The first-order valence-corrected chi connectivity index (χ1v) is 7.18. The van der Waals surface area contributed by atoms with E-state index in [9.17, 15) is 4.79 Å². The molecule has 0 saturated carbocycles. The molecule has 1 atom stereocenters. The molecule has 3 heterocycles. The van der Waals surface area contributed by atoms with E-state index >= 15 is 0 Å². The maximum Gasteiger partial charge on any atom is 0.274 e. The van der Waals surface area contributed by atoms with Crippen molar-refractivity contribution in [3.63, 3.8) is 0 Å². The molecule has 1 aliphatic heterocycles. The maximum absolute atomic E-state index is 12.6. The maximum atomic E-state index is 12.6. The molecule has 1 saturated heterocycles. The number of anilines is 1. The van der Waals surface area contributed by atoms with Gasteiger partial charge in [-0.3, -0.25) is 4.79 Å². The van der Waals surface area contributed by atoms with Gasteiger partial charge in [-0.2, -0.15) is 4.98 Å². The van der Waals surface area contributed by atoms with Crippen LogP contribution in [0.25, 0.3) is 0 Å². The highest BCUT2D eigenvalue weighted by molar-refractivity contribution is 5.92. The van der Waals surface area contributed by atoms with Gasteiger partial charge in [0.2, 0.25) is 5.89 Å². The average molecular weight is 302 g/mol. The highest BCUT2D eigenvalue weighted by Crippen LogP contribution is 2.31. The first-order chi connectivity index (χ1) is 10.6. The first kappa shape index (κ1) is 14.4. The molecule has 8 nitrogen and oxygen atoms in total. The van der Waals surface area contributed by atoms with Gasteiger partial charge in [0.05, 0.1) is 6.04 Å². The third-order valence-electron chi connectivity index (χ3n) is 3.68. The molecule has 2 aromatic rings. The Morgan fingerprint density at radius 2 is 2.18 bits per heavy atom. The monoisotopic (exact) mass is 302 g/mol. The molecule has 22 heavy (non-hydrogen) atoms. The van der Waals surface area contributed by atoms with E-state index in [0.29, 0.717) is 29.8 Å². The molecule has 1 fully saturated rings. The molecule has 116 valence electrons. The number of nitrogens with zero attached hydrogens (tertiary/aromatic N) is 6. The largest absolute Gasteiger partial charge is 0.361 e. The summed E-state index contributed by atoms with van der Waals surface area (Å²) in [7, 11) is 3.75. The van der Waals surface area contributed by atoms with E-state index in [1.54, 1.807) is 24.0 Å². The van der Waals surface area contributed by atoms with Crippen LogP contribution in [0, 0.1) is 6.92 Å². The summed E-state index contributed by atoms with van der Waals surface area (Å²) < 4.78 is 5.02. The third kappa shape index (κ3) is 2.63. The van der Waals surface area contributed by atoms with Crippen molar-refractivity contribution in [2.45, 2.75) is 25.8 Å². The van der Waals surface area contributed by atoms with Crippen LogP contribution in [0.1, 0.15) is 41.1 Å². The van der Waals surface area contributed by atoms with Crippen LogP contribution in [0.2, 0.25) is 0 Å². The third-order valence-corrected chi connectivity index (χ3v) is 3.68. The summed E-state index contributed by atoms with van der Waals surface area (Å²) >= 11 is 0. The van der Waals surface area contributed by atoms with Gasteiger partial charge in [-0.05, 0) is 25.0 Å². The SMILES string of the molecule is Cc1nc([C@H]2CCCN2C(=O)c2ccc(N(C)C)nn2)no1. The number of likely N-dealkylation sites (tertiary alicyclic amines) is 1. The van der Waals surface area contributed by atoms with Crippen LogP contribution < -0.4 is 4.90 Å². The Hall–Kier alpha value is -2.51. The fraction of sp³-hybridized carbons (Fsp3) is 0.500. The Morgan fingerprint density at radius 1 is 1.36 bits per heavy atom. The lowest BCUT2D eigenvalue weighted by Crippen LogP contribution is -2.32. The molecule has 0 spiro atoms. The summed E-state index contributed by atoms with van der Waals surface area (Å²) in [6, 6.07) is 3.32. The number of carbonyl (C=O) groups is 1. The second-order valence-electron chi connectivity index (χ2n) is 5.50. The number of hydrogen-bond acceptors (Lipinski definition) is 7. The minimum Gasteiger partial charge on any atom is -0.361 e. The molecular formula is C14H18N6O2. The number of rotatable bonds is 3. The van der Waals surface area contributed by atoms with E-state index in [1.807, 2.05) is 19.0 Å². The van der Waals surface area contributed by atoms with Gasteiger partial charge in [0.25, 0.3) is 5.91 Å². The van der Waals surface area contributed by atoms with Crippen LogP contribution in [0.15, 0.2) is 16.7 Å². The molecule has 0 aromatic carbocycles. The van der Waals surface area contributed by atoms with Crippen molar-refractivity contribution in [2.24, 2.45) is 0 Å². The Labute approximate surface area is 128 Å². The molecule has 0 N–H and O–H groups in total. The molecule has 3 rings (SSSR count). The van der Waals surface area contributed by atoms with Crippen LogP contribution >= 0.6 is 0 Å². The van der Waals surface area contributed by atoms with Crippen LogP contribution in [0.4, 0.5) is 5.82 Å². The molecule has 8 heteroatoms. The van der Waals surface area contributed by atoms with Crippen molar-refractivity contribution in [3.8, 4) is 0 Å². The second-order valence-corrected chi connectivity index (χ2v) is 5.50. The quantitative estimate of drug-likeness (QED) is 0.842. The summed E-state index contributed by atoms with van der Waals surface area (Å²) in [5, 5.41) is 12.0. The van der Waals surface area contributed by atoms with E-state index in [0.717, 1.165) is 12.8 Å². The first-order valence-electron chi connectivity index (χ1n) is 7.18. The van der Waals surface area contributed by atoms with E-state index in [-0.39, 0.29) is 11.9 Å². The predicted molar refractivity (Wildman–Crippen MR) is 78.4 cm³/mol. The average Bonchev–Trinajstić information content (AvgIpc) is 3.15. The van der Waals surface area contributed by atoms with E-state index in [4.69, 9.17) is 4.52 Å². The Morgan fingerprint density at radius 3 is 2.77 bits per heavy atom. The van der Waals surface area contributed by atoms with Gasteiger partial charge in [0.1, 0.15) is 0 Å². The topological polar surface area (TPSA) is 88.3 Å².